The molecule has 1 aromatic rings. The molecule has 3 heterocycles. The van der Waals surface area contributed by atoms with Gasteiger partial charge in [0.2, 0.25) is 0 Å². The van der Waals surface area contributed by atoms with Crippen LogP contribution in [0.3, 0.4) is 0 Å². The van der Waals surface area contributed by atoms with Gasteiger partial charge in [-0.1, -0.05) is 0 Å². The smallest absolute Gasteiger partial charge is 0.155 e. The van der Waals surface area contributed by atoms with Crippen LogP contribution in [0.5, 0.6) is 0 Å². The third-order valence-corrected chi connectivity index (χ3v) is 3.70. The van der Waals surface area contributed by atoms with Gasteiger partial charge in [-0.25, -0.2) is 0 Å². The highest BCUT2D eigenvalue weighted by Gasteiger charge is 2.35. The van der Waals surface area contributed by atoms with Crippen molar-refractivity contribution in [1.29, 1.82) is 0 Å². The molecule has 17 heavy (non-hydrogen) atoms. The predicted molar refractivity (Wildman–Crippen MR) is 63.4 cm³/mol. The minimum atomic E-state index is 0.323. The van der Waals surface area contributed by atoms with Crippen molar-refractivity contribution in [2.75, 3.05) is 18.0 Å². The molecular weight excluding hydrogens is 218 g/mol. The molecule has 3 rings (SSSR count). The largest absolute Gasteiger partial charge is 0.371 e. The first-order valence-corrected chi connectivity index (χ1v) is 6.08. The molecule has 0 N–H and O–H groups in total. The first kappa shape index (κ1) is 10.8. The standard InChI is InChI=1S/C12H17N3O2/c1-8-11(7-16)12(14(2)13-8)15-5-9-3-4-10(6-15)17-9/h7,9-10H,3-6H2,1-2H3. The maximum atomic E-state index is 11.2. The van der Waals surface area contributed by atoms with Gasteiger partial charge in [-0.15, -0.1) is 0 Å². The van der Waals surface area contributed by atoms with Crippen molar-refractivity contribution >= 4 is 12.1 Å². The fraction of sp³-hybridized carbons (Fsp3) is 0.667. The Morgan fingerprint density at radius 2 is 2.00 bits per heavy atom. The Bertz CT molecular complexity index is 443. The number of fused-ring (bicyclic) bond motifs is 2. The number of carbonyl (C=O) groups is 1. The second-order valence-electron chi connectivity index (χ2n) is 4.93. The molecule has 0 saturated carbocycles. The fourth-order valence-electron chi connectivity index (χ4n) is 2.96. The highest BCUT2D eigenvalue weighted by molar-refractivity contribution is 5.84. The van der Waals surface area contributed by atoms with Gasteiger partial charge >= 0.3 is 0 Å². The quantitative estimate of drug-likeness (QED) is 0.715. The lowest BCUT2D eigenvalue weighted by Gasteiger charge is -2.33. The SMILES string of the molecule is Cc1nn(C)c(N2CC3CCC(C2)O3)c1C=O. The van der Waals surface area contributed by atoms with Crippen molar-refractivity contribution in [2.24, 2.45) is 7.05 Å². The lowest BCUT2D eigenvalue weighted by atomic mass is 10.2. The first-order valence-electron chi connectivity index (χ1n) is 6.08. The molecule has 2 fully saturated rings. The Hall–Kier alpha value is -1.36. The third-order valence-electron chi connectivity index (χ3n) is 3.70. The minimum Gasteiger partial charge on any atom is -0.371 e. The zero-order valence-electron chi connectivity index (χ0n) is 10.2. The van der Waals surface area contributed by atoms with E-state index in [0.29, 0.717) is 17.8 Å². The number of morpholine rings is 1. The average molecular weight is 235 g/mol. The third kappa shape index (κ3) is 1.65. The van der Waals surface area contributed by atoms with Gasteiger partial charge in [0.05, 0.1) is 23.5 Å². The molecule has 92 valence electrons. The van der Waals surface area contributed by atoms with E-state index in [1.165, 1.54) is 0 Å². The van der Waals surface area contributed by atoms with Crippen molar-refractivity contribution in [3.8, 4) is 0 Å². The Labute approximate surface area is 100 Å². The molecule has 2 aliphatic rings. The highest BCUT2D eigenvalue weighted by Crippen LogP contribution is 2.31. The summed E-state index contributed by atoms with van der Waals surface area (Å²) in [5.74, 6) is 0.942. The predicted octanol–water partition coefficient (Wildman–Crippen LogP) is 0.909. The molecule has 1 aromatic heterocycles. The Balaban J connectivity index is 1.96. The van der Waals surface area contributed by atoms with Crippen molar-refractivity contribution in [3.63, 3.8) is 0 Å². The molecule has 0 spiro atoms. The van der Waals surface area contributed by atoms with Gasteiger partial charge in [-0.05, 0) is 19.8 Å². The number of hydrogen-bond donors (Lipinski definition) is 0. The molecule has 2 saturated heterocycles. The van der Waals surface area contributed by atoms with Crippen LogP contribution in [0.25, 0.3) is 0 Å². The number of aryl methyl sites for hydroxylation is 2. The van der Waals surface area contributed by atoms with E-state index >= 15 is 0 Å². The summed E-state index contributed by atoms with van der Waals surface area (Å²) in [6, 6.07) is 0. The van der Waals surface area contributed by atoms with Gasteiger partial charge in [-0.3, -0.25) is 9.48 Å². The van der Waals surface area contributed by atoms with E-state index < -0.39 is 0 Å². The summed E-state index contributed by atoms with van der Waals surface area (Å²) in [6.45, 7) is 3.62. The van der Waals surface area contributed by atoms with Crippen LogP contribution < -0.4 is 4.90 Å². The van der Waals surface area contributed by atoms with Crippen molar-refractivity contribution in [2.45, 2.75) is 32.0 Å². The molecule has 2 atom stereocenters. The van der Waals surface area contributed by atoms with Crippen LogP contribution in [0, 0.1) is 6.92 Å². The number of nitrogens with zero attached hydrogens (tertiary/aromatic N) is 3. The van der Waals surface area contributed by atoms with E-state index in [1.807, 2.05) is 18.7 Å². The van der Waals surface area contributed by atoms with E-state index in [9.17, 15) is 4.79 Å². The van der Waals surface area contributed by atoms with E-state index in [0.717, 1.165) is 43.7 Å². The summed E-state index contributed by atoms with van der Waals surface area (Å²) < 4.78 is 7.62. The Kier molecular flexibility index (Phi) is 2.43. The first-order chi connectivity index (χ1) is 8.19. The molecular formula is C12H17N3O2. The van der Waals surface area contributed by atoms with E-state index in [1.54, 1.807) is 0 Å². The van der Waals surface area contributed by atoms with E-state index in [2.05, 4.69) is 10.00 Å². The Morgan fingerprint density at radius 1 is 1.35 bits per heavy atom. The van der Waals surface area contributed by atoms with E-state index in [-0.39, 0.29) is 0 Å². The summed E-state index contributed by atoms with van der Waals surface area (Å²) >= 11 is 0. The number of aromatic nitrogens is 2. The number of ether oxygens (including phenoxy) is 1. The van der Waals surface area contributed by atoms with Crippen LogP contribution in [0.2, 0.25) is 0 Å². The molecule has 2 aliphatic heterocycles. The summed E-state index contributed by atoms with van der Waals surface area (Å²) in [5, 5.41) is 4.33. The van der Waals surface area contributed by atoms with Gasteiger partial charge < -0.3 is 9.64 Å². The minimum absolute atomic E-state index is 0.323. The average Bonchev–Trinajstić information content (AvgIpc) is 2.78. The number of aldehydes is 1. The summed E-state index contributed by atoms with van der Waals surface area (Å²) in [7, 11) is 1.90. The molecule has 2 unspecified atom stereocenters. The lowest BCUT2D eigenvalue weighted by molar-refractivity contribution is 0.0299. The molecule has 0 radical (unpaired) electrons. The van der Waals surface area contributed by atoms with Gasteiger partial charge in [0, 0.05) is 20.1 Å². The fourth-order valence-corrected chi connectivity index (χ4v) is 2.96. The second kappa shape index (κ2) is 3.84. The number of rotatable bonds is 2. The van der Waals surface area contributed by atoms with Gasteiger partial charge in [0.25, 0.3) is 0 Å². The van der Waals surface area contributed by atoms with Crippen LogP contribution in [-0.4, -0.2) is 41.4 Å². The van der Waals surface area contributed by atoms with Crippen LogP contribution in [0.1, 0.15) is 28.9 Å². The molecule has 0 aromatic carbocycles. The number of carbonyl (C=O) groups excluding carboxylic acids is 1. The molecule has 5 nitrogen and oxygen atoms in total. The topological polar surface area (TPSA) is 47.4 Å². The summed E-state index contributed by atoms with van der Waals surface area (Å²) in [5.41, 5.74) is 1.52. The summed E-state index contributed by atoms with van der Waals surface area (Å²) in [6.07, 6.45) is 3.82. The maximum absolute atomic E-state index is 11.2. The van der Waals surface area contributed by atoms with Gasteiger partial charge in [0.15, 0.2) is 6.29 Å². The van der Waals surface area contributed by atoms with E-state index in [4.69, 9.17) is 4.74 Å². The Morgan fingerprint density at radius 3 is 2.59 bits per heavy atom. The van der Waals surface area contributed by atoms with Gasteiger partial charge in [-0.2, -0.15) is 5.10 Å². The zero-order chi connectivity index (χ0) is 12.0. The number of anilines is 1. The highest BCUT2D eigenvalue weighted by atomic mass is 16.5. The summed E-state index contributed by atoms with van der Waals surface area (Å²) in [4.78, 5) is 13.4. The number of hydrogen-bond acceptors (Lipinski definition) is 4. The van der Waals surface area contributed by atoms with Crippen molar-refractivity contribution < 1.29 is 9.53 Å². The monoisotopic (exact) mass is 235 g/mol. The maximum Gasteiger partial charge on any atom is 0.155 e. The van der Waals surface area contributed by atoms with Crippen molar-refractivity contribution in [3.05, 3.63) is 11.3 Å². The molecule has 0 aliphatic carbocycles. The normalized spacial score (nSPS) is 27.5. The van der Waals surface area contributed by atoms with Crippen LogP contribution in [0.4, 0.5) is 5.82 Å². The molecule has 0 amide bonds. The molecule has 5 heteroatoms. The molecule has 2 bridgehead atoms. The van der Waals surface area contributed by atoms with Crippen LogP contribution in [-0.2, 0) is 11.8 Å². The second-order valence-corrected chi connectivity index (χ2v) is 4.93. The lowest BCUT2D eigenvalue weighted by Crippen LogP contribution is -2.43. The van der Waals surface area contributed by atoms with Gasteiger partial charge in [0.1, 0.15) is 5.82 Å². The van der Waals surface area contributed by atoms with Crippen LogP contribution in [0.15, 0.2) is 0 Å². The van der Waals surface area contributed by atoms with Crippen LogP contribution >= 0.6 is 0 Å². The zero-order valence-corrected chi connectivity index (χ0v) is 10.2. The van der Waals surface area contributed by atoms with Crippen molar-refractivity contribution in [1.82, 2.24) is 9.78 Å².